The van der Waals surface area contributed by atoms with Gasteiger partial charge in [0.2, 0.25) is 5.91 Å². The smallest absolute Gasteiger partial charge is 0.257 e. The van der Waals surface area contributed by atoms with E-state index in [9.17, 15) is 9.59 Å². The number of hydrogen-bond donors (Lipinski definition) is 2. The van der Waals surface area contributed by atoms with E-state index in [2.05, 4.69) is 21.6 Å². The molecule has 2 N–H and O–H groups in total. The highest BCUT2D eigenvalue weighted by Gasteiger charge is 2.27. The molecule has 0 bridgehead atoms. The van der Waals surface area contributed by atoms with Crippen molar-refractivity contribution in [2.24, 2.45) is 5.92 Å². The van der Waals surface area contributed by atoms with Crippen LogP contribution in [0.25, 0.3) is 0 Å². The van der Waals surface area contributed by atoms with Gasteiger partial charge in [-0.15, -0.1) is 0 Å². The molecule has 2 heterocycles. The number of amides is 2. The van der Waals surface area contributed by atoms with Gasteiger partial charge in [-0.25, -0.2) is 0 Å². The molecule has 6 nitrogen and oxygen atoms in total. The molecule has 2 aliphatic heterocycles. The molecule has 2 amide bonds. The molecule has 29 heavy (non-hydrogen) atoms. The first-order valence-electron chi connectivity index (χ1n) is 10.2. The maximum absolute atomic E-state index is 13.0. The van der Waals surface area contributed by atoms with Crippen LogP contribution in [0.5, 0.6) is 0 Å². The number of carbonyl (C=O) groups is 2. The third kappa shape index (κ3) is 4.12. The first-order valence-corrected chi connectivity index (χ1v) is 10.2. The maximum Gasteiger partial charge on any atom is 0.257 e. The number of nitrogens with one attached hydrogen (secondary N) is 2. The molecular weight excluding hydrogens is 364 g/mol. The molecule has 1 saturated heterocycles. The Morgan fingerprint density at radius 3 is 2.52 bits per heavy atom. The summed E-state index contributed by atoms with van der Waals surface area (Å²) in [5.74, 6) is 0.169. The monoisotopic (exact) mass is 392 g/mol. The van der Waals surface area contributed by atoms with Crippen LogP contribution in [0.2, 0.25) is 0 Å². The van der Waals surface area contributed by atoms with Gasteiger partial charge in [-0.3, -0.25) is 9.59 Å². The van der Waals surface area contributed by atoms with Crippen LogP contribution in [0.4, 0.5) is 11.4 Å². The van der Waals surface area contributed by atoms with Crippen molar-refractivity contribution in [3.63, 3.8) is 0 Å². The summed E-state index contributed by atoms with van der Waals surface area (Å²) in [5.41, 5.74) is 4.96. The summed E-state index contributed by atoms with van der Waals surface area (Å²) in [6, 6.07) is 13.8. The lowest BCUT2D eigenvalue weighted by Crippen LogP contribution is -2.40. The van der Waals surface area contributed by atoms with Gasteiger partial charge in [0, 0.05) is 57.6 Å². The van der Waals surface area contributed by atoms with E-state index >= 15 is 0 Å². The molecule has 0 aromatic heterocycles. The van der Waals surface area contributed by atoms with Crippen molar-refractivity contribution in [1.82, 2.24) is 10.2 Å². The second-order valence-electron chi connectivity index (χ2n) is 8.05. The highest BCUT2D eigenvalue weighted by Crippen LogP contribution is 2.28. The van der Waals surface area contributed by atoms with Gasteiger partial charge < -0.3 is 20.4 Å². The quantitative estimate of drug-likeness (QED) is 0.840. The first-order chi connectivity index (χ1) is 14.0. The van der Waals surface area contributed by atoms with Crippen LogP contribution in [-0.4, -0.2) is 43.9 Å². The van der Waals surface area contributed by atoms with Gasteiger partial charge in [0.15, 0.2) is 0 Å². The van der Waals surface area contributed by atoms with Gasteiger partial charge in [-0.1, -0.05) is 18.2 Å². The maximum atomic E-state index is 13.0. The number of anilines is 2. The van der Waals surface area contributed by atoms with E-state index < -0.39 is 0 Å². The van der Waals surface area contributed by atoms with Crippen molar-refractivity contribution >= 4 is 23.2 Å². The first kappa shape index (κ1) is 19.5. The number of benzene rings is 2. The molecule has 6 heteroatoms. The highest BCUT2D eigenvalue weighted by molar-refractivity contribution is 6.08. The molecular formula is C23H28N4O2. The minimum Gasteiger partial charge on any atom is -0.371 e. The summed E-state index contributed by atoms with van der Waals surface area (Å²) in [6.45, 7) is 3.28. The van der Waals surface area contributed by atoms with Crippen LogP contribution in [0, 0.1) is 5.92 Å². The Kier molecular flexibility index (Phi) is 5.53. The summed E-state index contributed by atoms with van der Waals surface area (Å²) >= 11 is 0. The molecule has 2 aliphatic rings. The third-order valence-corrected chi connectivity index (χ3v) is 5.87. The number of carbonyl (C=O) groups excluding carboxylic acids is 2. The lowest BCUT2D eigenvalue weighted by molar-refractivity contribution is -0.133. The molecule has 1 fully saturated rings. The van der Waals surface area contributed by atoms with Crippen LogP contribution in [-0.2, 0) is 17.9 Å². The third-order valence-electron chi connectivity index (χ3n) is 5.87. The largest absolute Gasteiger partial charge is 0.371 e. The van der Waals surface area contributed by atoms with Crippen molar-refractivity contribution in [3.05, 3.63) is 59.2 Å². The second kappa shape index (κ2) is 8.25. The van der Waals surface area contributed by atoms with E-state index in [-0.39, 0.29) is 17.7 Å². The minimum atomic E-state index is -0.0991. The van der Waals surface area contributed by atoms with Crippen molar-refractivity contribution < 1.29 is 9.59 Å². The van der Waals surface area contributed by atoms with Crippen LogP contribution in [0.15, 0.2) is 42.5 Å². The topological polar surface area (TPSA) is 64.7 Å². The summed E-state index contributed by atoms with van der Waals surface area (Å²) < 4.78 is 0. The number of rotatable bonds is 4. The molecule has 0 saturated carbocycles. The van der Waals surface area contributed by atoms with Crippen LogP contribution < -0.4 is 15.5 Å². The SMILES string of the molecule is CN(C)C(=O)C1CCN(c2ccccc2C(=O)Nc2ccc3c(c2)CNC3)CC1. The summed E-state index contributed by atoms with van der Waals surface area (Å²) in [4.78, 5) is 29.2. The van der Waals surface area contributed by atoms with E-state index in [0.29, 0.717) is 5.56 Å². The van der Waals surface area contributed by atoms with Crippen molar-refractivity contribution in [2.75, 3.05) is 37.4 Å². The fourth-order valence-corrected chi connectivity index (χ4v) is 4.24. The fourth-order valence-electron chi connectivity index (χ4n) is 4.24. The van der Waals surface area contributed by atoms with Crippen molar-refractivity contribution in [3.8, 4) is 0 Å². The number of para-hydroxylation sites is 1. The predicted octanol–water partition coefficient (Wildman–Crippen LogP) is 2.85. The Balaban J connectivity index is 1.47. The minimum absolute atomic E-state index is 0.0715. The van der Waals surface area contributed by atoms with E-state index in [1.54, 1.807) is 4.90 Å². The van der Waals surface area contributed by atoms with Gasteiger partial charge >= 0.3 is 0 Å². The Morgan fingerprint density at radius 2 is 1.76 bits per heavy atom. The number of piperidine rings is 1. The normalized spacial score (nSPS) is 16.4. The lowest BCUT2D eigenvalue weighted by Gasteiger charge is -2.34. The summed E-state index contributed by atoms with van der Waals surface area (Å²) in [7, 11) is 3.62. The van der Waals surface area contributed by atoms with Gasteiger partial charge in [0.05, 0.1) is 5.56 Å². The average molecular weight is 393 g/mol. The second-order valence-corrected chi connectivity index (χ2v) is 8.05. The molecule has 4 rings (SSSR count). The zero-order valence-electron chi connectivity index (χ0n) is 17.1. The highest BCUT2D eigenvalue weighted by atomic mass is 16.2. The molecule has 0 radical (unpaired) electrons. The van der Waals surface area contributed by atoms with Crippen molar-refractivity contribution in [1.29, 1.82) is 0 Å². The fraction of sp³-hybridized carbons (Fsp3) is 0.391. The molecule has 0 spiro atoms. The zero-order valence-corrected chi connectivity index (χ0v) is 17.1. The lowest BCUT2D eigenvalue weighted by atomic mass is 9.94. The number of hydrogen-bond acceptors (Lipinski definition) is 4. The number of nitrogens with zero attached hydrogens (tertiary/aromatic N) is 2. The van der Waals surface area contributed by atoms with E-state index in [1.165, 1.54) is 11.1 Å². The van der Waals surface area contributed by atoms with E-state index in [1.807, 2.05) is 50.5 Å². The Hall–Kier alpha value is -2.86. The van der Waals surface area contributed by atoms with Crippen LogP contribution >= 0.6 is 0 Å². The van der Waals surface area contributed by atoms with Gasteiger partial charge in [0.25, 0.3) is 5.91 Å². The molecule has 0 aliphatic carbocycles. The van der Waals surface area contributed by atoms with Gasteiger partial charge in [-0.2, -0.15) is 0 Å². The standard InChI is InChI=1S/C23H28N4O2/c1-26(2)23(29)16-9-11-27(12-10-16)21-6-4-3-5-20(21)22(28)25-19-8-7-17-14-24-15-18(17)13-19/h3-8,13,16,24H,9-12,14-15H2,1-2H3,(H,25,28). The average Bonchev–Trinajstić information content (AvgIpc) is 3.21. The summed E-state index contributed by atoms with van der Waals surface area (Å²) in [5, 5.41) is 6.38. The zero-order chi connectivity index (χ0) is 20.4. The van der Waals surface area contributed by atoms with E-state index in [4.69, 9.17) is 0 Å². The van der Waals surface area contributed by atoms with Crippen LogP contribution in [0.1, 0.15) is 34.3 Å². The van der Waals surface area contributed by atoms with E-state index in [0.717, 1.165) is 50.4 Å². The predicted molar refractivity (Wildman–Crippen MR) is 115 cm³/mol. The van der Waals surface area contributed by atoms with Gasteiger partial charge in [-0.05, 0) is 48.2 Å². The molecule has 0 unspecified atom stereocenters. The molecule has 0 atom stereocenters. The van der Waals surface area contributed by atoms with Crippen LogP contribution in [0.3, 0.4) is 0 Å². The molecule has 2 aromatic carbocycles. The molecule has 152 valence electrons. The molecule has 2 aromatic rings. The number of fused-ring (bicyclic) bond motifs is 1. The van der Waals surface area contributed by atoms with Gasteiger partial charge in [0.1, 0.15) is 0 Å². The Bertz CT molecular complexity index is 917. The summed E-state index contributed by atoms with van der Waals surface area (Å²) in [6.07, 6.45) is 1.62. The Labute approximate surface area is 171 Å². The van der Waals surface area contributed by atoms with Crippen molar-refractivity contribution in [2.45, 2.75) is 25.9 Å². The Morgan fingerprint density at radius 1 is 1.03 bits per heavy atom.